The molecule has 0 bridgehead atoms. The highest BCUT2D eigenvalue weighted by atomic mass is 19.1. The van der Waals surface area contributed by atoms with E-state index < -0.39 is 12.2 Å². The Morgan fingerprint density at radius 2 is 1.89 bits per heavy atom. The van der Waals surface area contributed by atoms with Gasteiger partial charge in [0.1, 0.15) is 23.1 Å². The number of methoxy groups -OCH3 is 1. The molecule has 6 aromatic rings. The monoisotopic (exact) mass is 620 g/mol. The van der Waals surface area contributed by atoms with Gasteiger partial charge in [-0.2, -0.15) is 4.98 Å². The number of carbonyl (C=O) groups is 1. The van der Waals surface area contributed by atoms with E-state index in [1.165, 1.54) is 4.90 Å². The van der Waals surface area contributed by atoms with E-state index in [0.717, 1.165) is 64.1 Å². The first-order chi connectivity index (χ1) is 22.2. The Kier molecular flexibility index (Phi) is 6.64. The molecule has 1 saturated carbocycles. The van der Waals surface area contributed by atoms with Gasteiger partial charge >= 0.3 is 0 Å². The van der Waals surface area contributed by atoms with Crippen molar-refractivity contribution in [2.45, 2.75) is 38.0 Å². The molecule has 234 valence electrons. The molecule has 1 aliphatic heterocycles. The molecule has 3 N–H and O–H groups in total. The molecule has 0 radical (unpaired) electrons. The first-order valence-corrected chi connectivity index (χ1v) is 15.5. The van der Waals surface area contributed by atoms with Gasteiger partial charge in [0, 0.05) is 60.3 Å². The van der Waals surface area contributed by atoms with Crippen molar-refractivity contribution in [3.05, 3.63) is 60.3 Å². The van der Waals surface area contributed by atoms with Crippen LogP contribution < -0.4 is 10.5 Å². The second-order valence-corrected chi connectivity index (χ2v) is 12.5. The maximum atomic E-state index is 14.3. The van der Waals surface area contributed by atoms with Crippen LogP contribution in [0.5, 0.6) is 11.6 Å². The summed E-state index contributed by atoms with van der Waals surface area (Å²) in [5.41, 5.74) is 11.6. The van der Waals surface area contributed by atoms with Crippen LogP contribution in [0.4, 0.5) is 4.39 Å². The molecule has 2 fully saturated rings. The lowest BCUT2D eigenvalue weighted by Crippen LogP contribution is -2.50. The van der Waals surface area contributed by atoms with Crippen LogP contribution in [0.1, 0.15) is 29.6 Å². The molecule has 2 atom stereocenters. The SMILES string of the molecule is COc1cc(C(=O)N2C[C@H](N)C[C@@H](F)C2)cc2nc(-c3cc4ccc(-c5cnc6nc(O)ccc6c5)nc4n3CC3CC3)n(C)c12. The number of piperidine rings is 1. The zero-order valence-corrected chi connectivity index (χ0v) is 25.5. The smallest absolute Gasteiger partial charge is 0.254 e. The maximum Gasteiger partial charge on any atom is 0.254 e. The predicted molar refractivity (Wildman–Crippen MR) is 172 cm³/mol. The average Bonchev–Trinajstić information content (AvgIpc) is 3.72. The van der Waals surface area contributed by atoms with E-state index in [2.05, 4.69) is 26.7 Å². The lowest BCUT2D eigenvalue weighted by atomic mass is 10.0. The number of hydrogen-bond acceptors (Lipinski definition) is 8. The van der Waals surface area contributed by atoms with Crippen LogP contribution in [-0.4, -0.2) is 77.4 Å². The topological polar surface area (TPSA) is 137 Å². The molecule has 5 aromatic heterocycles. The second-order valence-electron chi connectivity index (χ2n) is 12.5. The molecule has 8 rings (SSSR count). The number of benzene rings is 1. The van der Waals surface area contributed by atoms with Gasteiger partial charge in [0.15, 0.2) is 11.5 Å². The predicted octanol–water partition coefficient (Wildman–Crippen LogP) is 4.84. The molecule has 12 heteroatoms. The minimum atomic E-state index is -1.15. The minimum Gasteiger partial charge on any atom is -0.494 e. The highest BCUT2D eigenvalue weighted by molar-refractivity contribution is 6.00. The summed E-state index contributed by atoms with van der Waals surface area (Å²) in [4.78, 5) is 33.7. The van der Waals surface area contributed by atoms with Crippen LogP contribution in [0.3, 0.4) is 0 Å². The summed E-state index contributed by atoms with van der Waals surface area (Å²) in [5.74, 6) is 1.43. The number of halogens is 1. The number of imidazole rings is 1. The van der Waals surface area contributed by atoms with E-state index >= 15 is 0 Å². The van der Waals surface area contributed by atoms with Gasteiger partial charge in [-0.15, -0.1) is 0 Å². The number of fused-ring (bicyclic) bond motifs is 3. The summed E-state index contributed by atoms with van der Waals surface area (Å²) in [6.07, 6.45) is 3.15. The summed E-state index contributed by atoms with van der Waals surface area (Å²) in [6, 6.07) is 14.5. The summed E-state index contributed by atoms with van der Waals surface area (Å²) >= 11 is 0. The molecule has 2 aliphatic rings. The quantitative estimate of drug-likeness (QED) is 0.270. The van der Waals surface area contributed by atoms with Crippen LogP contribution >= 0.6 is 0 Å². The van der Waals surface area contributed by atoms with Gasteiger partial charge in [0.2, 0.25) is 5.88 Å². The van der Waals surface area contributed by atoms with E-state index in [1.807, 2.05) is 23.7 Å². The molecule has 1 saturated heterocycles. The van der Waals surface area contributed by atoms with E-state index in [9.17, 15) is 14.3 Å². The highest BCUT2D eigenvalue weighted by Gasteiger charge is 2.30. The van der Waals surface area contributed by atoms with Crippen LogP contribution in [-0.2, 0) is 13.6 Å². The largest absolute Gasteiger partial charge is 0.494 e. The van der Waals surface area contributed by atoms with Gasteiger partial charge < -0.3 is 29.6 Å². The number of nitrogens with zero attached hydrogens (tertiary/aromatic N) is 7. The number of likely N-dealkylation sites (tertiary alicyclic amines) is 1. The lowest BCUT2D eigenvalue weighted by Gasteiger charge is -2.33. The second kappa shape index (κ2) is 10.8. The number of hydrogen-bond donors (Lipinski definition) is 2. The number of pyridine rings is 3. The fourth-order valence-corrected chi connectivity index (χ4v) is 6.60. The van der Waals surface area contributed by atoms with Crippen LogP contribution in [0, 0.1) is 5.92 Å². The molecule has 0 spiro atoms. The first-order valence-electron chi connectivity index (χ1n) is 15.5. The molecule has 46 heavy (non-hydrogen) atoms. The van der Waals surface area contributed by atoms with Gasteiger partial charge in [-0.3, -0.25) is 4.79 Å². The molecule has 0 unspecified atom stereocenters. The third kappa shape index (κ3) is 4.89. The van der Waals surface area contributed by atoms with Crippen molar-refractivity contribution in [2.24, 2.45) is 18.7 Å². The van der Waals surface area contributed by atoms with Crippen molar-refractivity contribution >= 4 is 39.0 Å². The molecular formula is C34H33FN8O3. The molecule has 1 amide bonds. The van der Waals surface area contributed by atoms with E-state index in [4.69, 9.17) is 20.4 Å². The number of rotatable bonds is 6. The van der Waals surface area contributed by atoms with Gasteiger partial charge in [0.25, 0.3) is 5.91 Å². The third-order valence-corrected chi connectivity index (χ3v) is 9.05. The Morgan fingerprint density at radius 3 is 2.67 bits per heavy atom. The fraction of sp³-hybridized carbons (Fsp3) is 0.324. The summed E-state index contributed by atoms with van der Waals surface area (Å²) in [5, 5.41) is 11.5. The number of ether oxygens (including phenoxy) is 1. The molecule has 6 heterocycles. The number of aryl methyl sites for hydroxylation is 1. The Bertz CT molecular complexity index is 2160. The number of nitrogens with two attached hydrogens (primary N) is 1. The van der Waals surface area contributed by atoms with Crippen molar-refractivity contribution in [1.29, 1.82) is 0 Å². The zero-order chi connectivity index (χ0) is 31.7. The van der Waals surface area contributed by atoms with Crippen molar-refractivity contribution in [2.75, 3.05) is 20.2 Å². The van der Waals surface area contributed by atoms with Gasteiger partial charge in [-0.05, 0) is 67.6 Å². The fourth-order valence-electron chi connectivity index (χ4n) is 6.60. The van der Waals surface area contributed by atoms with Crippen LogP contribution in [0.15, 0.2) is 54.7 Å². The third-order valence-electron chi connectivity index (χ3n) is 9.05. The average molecular weight is 621 g/mol. The van der Waals surface area contributed by atoms with Crippen molar-refractivity contribution in [3.63, 3.8) is 0 Å². The Hall–Kier alpha value is -5.10. The normalized spacial score (nSPS) is 18.6. The van der Waals surface area contributed by atoms with Crippen molar-refractivity contribution in [3.8, 4) is 34.4 Å². The maximum absolute atomic E-state index is 14.3. The summed E-state index contributed by atoms with van der Waals surface area (Å²) < 4.78 is 24.3. The van der Waals surface area contributed by atoms with Gasteiger partial charge in [0.05, 0.1) is 30.6 Å². The standard InChI is InChI=1S/C34H33FN8O3/c1-41-30-26(10-21(12-28(30)46-2)34(45)42-16-23(35)13-24(36)17-42)39-33(41)27-11-20-5-7-25(38-32(20)43(27)15-18-3-4-18)22-9-19-6-8-29(44)40-31(19)37-14-22/h5-12,14,18,23-24H,3-4,13,15-17,36H2,1-2H3,(H,37,40,44)/t23-,24-/m1/s1. The number of alkyl halides is 1. The molecule has 1 aliphatic carbocycles. The van der Waals surface area contributed by atoms with Crippen LogP contribution in [0.2, 0.25) is 0 Å². The molecule has 1 aromatic carbocycles. The van der Waals surface area contributed by atoms with E-state index in [1.54, 1.807) is 37.6 Å². The minimum absolute atomic E-state index is 0.0202. The number of aromatic hydroxyl groups is 1. The molecule has 11 nitrogen and oxygen atoms in total. The van der Waals surface area contributed by atoms with Crippen LogP contribution in [0.25, 0.3) is 55.9 Å². The van der Waals surface area contributed by atoms with Gasteiger partial charge in [-0.1, -0.05) is 0 Å². The van der Waals surface area contributed by atoms with Crippen molar-refractivity contribution in [1.82, 2.24) is 34.0 Å². The first kappa shape index (κ1) is 28.4. The molecular weight excluding hydrogens is 587 g/mol. The van der Waals surface area contributed by atoms with Gasteiger partial charge in [-0.25, -0.2) is 19.3 Å². The Balaban J connectivity index is 1.23. The number of aromatic nitrogens is 6. The lowest BCUT2D eigenvalue weighted by molar-refractivity contribution is 0.0606. The Labute approximate surface area is 263 Å². The Morgan fingerprint density at radius 1 is 1.07 bits per heavy atom. The van der Waals surface area contributed by atoms with E-state index in [0.29, 0.717) is 34.9 Å². The summed E-state index contributed by atoms with van der Waals surface area (Å²) in [6.45, 7) is 1.13. The van der Waals surface area contributed by atoms with E-state index in [-0.39, 0.29) is 24.8 Å². The van der Waals surface area contributed by atoms with Crippen molar-refractivity contribution < 1.29 is 19.0 Å². The summed E-state index contributed by atoms with van der Waals surface area (Å²) in [7, 11) is 3.51. The number of amides is 1. The highest BCUT2D eigenvalue weighted by Crippen LogP contribution is 2.38. The zero-order valence-electron chi connectivity index (χ0n) is 25.5. The number of carbonyl (C=O) groups excluding carboxylic acids is 1.